The maximum atomic E-state index is 14.2. The molecule has 1 atom stereocenters. The van der Waals surface area contributed by atoms with Gasteiger partial charge < -0.3 is 14.6 Å². The van der Waals surface area contributed by atoms with Crippen molar-refractivity contribution in [2.24, 2.45) is 0 Å². The molecule has 1 N–H and O–H groups in total. The zero-order chi connectivity index (χ0) is 26.1. The van der Waals surface area contributed by atoms with Crippen molar-refractivity contribution in [3.05, 3.63) is 95.1 Å². The zero-order valence-electron chi connectivity index (χ0n) is 20.9. The van der Waals surface area contributed by atoms with Crippen LogP contribution in [0.1, 0.15) is 47.2 Å². The Morgan fingerprint density at radius 2 is 1.76 bits per heavy atom. The van der Waals surface area contributed by atoms with E-state index in [1.54, 1.807) is 20.1 Å². The highest BCUT2D eigenvalue weighted by molar-refractivity contribution is 6.23. The molecular weight excluding hydrogens is 471 g/mol. The van der Waals surface area contributed by atoms with Crippen molar-refractivity contribution < 1.29 is 18.7 Å². The summed E-state index contributed by atoms with van der Waals surface area (Å²) < 4.78 is 21.8. The number of hydrogen-bond acceptors (Lipinski definition) is 4. The van der Waals surface area contributed by atoms with Gasteiger partial charge in [-0.1, -0.05) is 30.3 Å². The number of fused-ring (bicyclic) bond motifs is 4. The van der Waals surface area contributed by atoms with E-state index in [-0.39, 0.29) is 23.5 Å². The van der Waals surface area contributed by atoms with Gasteiger partial charge in [-0.05, 0) is 62.7 Å². The highest BCUT2D eigenvalue weighted by atomic mass is 19.1. The van der Waals surface area contributed by atoms with Crippen LogP contribution in [0, 0.1) is 12.7 Å². The van der Waals surface area contributed by atoms with Crippen molar-refractivity contribution in [3.8, 4) is 17.1 Å². The van der Waals surface area contributed by atoms with Gasteiger partial charge in [0.15, 0.2) is 11.2 Å². The van der Waals surface area contributed by atoms with E-state index in [2.05, 4.69) is 5.32 Å². The predicted octanol–water partition coefficient (Wildman–Crippen LogP) is 5.44. The number of aryl methyl sites for hydroxylation is 1. The SMILES string of the molecule is COc1ccccc1-c1nc2c(n1C(C)C)C1(C(=O)Nc3ccccc31)N(c1ccc(F)c(C)c1)C2=O. The van der Waals surface area contributed by atoms with Crippen LogP contribution in [0.3, 0.4) is 0 Å². The molecule has 186 valence electrons. The first-order valence-electron chi connectivity index (χ1n) is 12.1. The third-order valence-corrected chi connectivity index (χ3v) is 7.15. The fraction of sp³-hybridized carbons (Fsp3) is 0.207. The molecule has 3 heterocycles. The van der Waals surface area contributed by atoms with Crippen LogP contribution in [0.15, 0.2) is 66.7 Å². The van der Waals surface area contributed by atoms with Crippen molar-refractivity contribution >= 4 is 23.2 Å². The van der Waals surface area contributed by atoms with Crippen LogP contribution >= 0.6 is 0 Å². The second-order valence-corrected chi connectivity index (χ2v) is 9.58. The van der Waals surface area contributed by atoms with Gasteiger partial charge in [0.05, 0.1) is 18.4 Å². The van der Waals surface area contributed by atoms with Gasteiger partial charge >= 0.3 is 0 Å². The zero-order valence-corrected chi connectivity index (χ0v) is 20.9. The molecule has 1 spiro atoms. The fourth-order valence-electron chi connectivity index (χ4n) is 5.59. The summed E-state index contributed by atoms with van der Waals surface area (Å²) in [5.41, 5.74) is 1.91. The van der Waals surface area contributed by atoms with E-state index in [9.17, 15) is 14.0 Å². The minimum Gasteiger partial charge on any atom is -0.496 e. The lowest BCUT2D eigenvalue weighted by Crippen LogP contribution is -2.51. The molecule has 1 aromatic heterocycles. The van der Waals surface area contributed by atoms with Crippen molar-refractivity contribution in [1.82, 2.24) is 9.55 Å². The Morgan fingerprint density at radius 3 is 2.49 bits per heavy atom. The molecule has 0 aliphatic carbocycles. The Kier molecular flexibility index (Phi) is 4.98. The van der Waals surface area contributed by atoms with Gasteiger partial charge in [0.1, 0.15) is 17.4 Å². The Balaban J connectivity index is 1.73. The number of anilines is 2. The third kappa shape index (κ3) is 2.95. The lowest BCUT2D eigenvalue weighted by atomic mass is 9.87. The van der Waals surface area contributed by atoms with Crippen LogP contribution in [0.4, 0.5) is 15.8 Å². The van der Waals surface area contributed by atoms with E-state index in [0.29, 0.717) is 45.3 Å². The number of aromatic nitrogens is 2. The second kappa shape index (κ2) is 8.03. The van der Waals surface area contributed by atoms with Gasteiger partial charge in [-0.2, -0.15) is 0 Å². The van der Waals surface area contributed by atoms with Crippen LogP contribution in [0.5, 0.6) is 5.75 Å². The fourth-order valence-corrected chi connectivity index (χ4v) is 5.59. The van der Waals surface area contributed by atoms with Gasteiger partial charge in [0.2, 0.25) is 0 Å². The molecule has 0 bridgehead atoms. The van der Waals surface area contributed by atoms with Crippen LogP contribution in [-0.4, -0.2) is 28.5 Å². The molecular formula is C29H25FN4O3. The minimum atomic E-state index is -1.52. The number of imidazole rings is 1. The predicted molar refractivity (Wildman–Crippen MR) is 138 cm³/mol. The molecule has 0 saturated carbocycles. The lowest BCUT2D eigenvalue weighted by molar-refractivity contribution is -0.119. The van der Waals surface area contributed by atoms with Crippen molar-refractivity contribution in [2.75, 3.05) is 17.3 Å². The topological polar surface area (TPSA) is 76.5 Å². The summed E-state index contributed by atoms with van der Waals surface area (Å²) in [6, 6.07) is 19.1. The quantitative estimate of drug-likeness (QED) is 0.408. The number of nitrogens with zero attached hydrogens (tertiary/aromatic N) is 3. The molecule has 2 amide bonds. The van der Waals surface area contributed by atoms with Crippen LogP contribution in [-0.2, 0) is 10.3 Å². The third-order valence-electron chi connectivity index (χ3n) is 7.15. The van der Waals surface area contributed by atoms with Crippen LogP contribution < -0.4 is 15.0 Å². The summed E-state index contributed by atoms with van der Waals surface area (Å²) in [6.45, 7) is 5.61. The summed E-state index contributed by atoms with van der Waals surface area (Å²) in [5.74, 6) is -0.0322. The number of nitrogens with one attached hydrogen (secondary N) is 1. The molecule has 0 fully saturated rings. The van der Waals surface area contributed by atoms with E-state index in [1.807, 2.05) is 66.9 Å². The molecule has 8 heteroatoms. The molecule has 2 aliphatic heterocycles. The molecule has 0 saturated heterocycles. The van der Waals surface area contributed by atoms with Gasteiger partial charge in [-0.15, -0.1) is 0 Å². The average Bonchev–Trinajstić information content (AvgIpc) is 3.50. The number of benzene rings is 3. The average molecular weight is 497 g/mol. The first kappa shape index (κ1) is 23.0. The van der Waals surface area contributed by atoms with Crippen LogP contribution in [0.2, 0.25) is 0 Å². The number of hydrogen-bond donors (Lipinski definition) is 1. The maximum Gasteiger partial charge on any atom is 0.280 e. The largest absolute Gasteiger partial charge is 0.496 e. The van der Waals surface area contributed by atoms with E-state index in [0.717, 1.165) is 0 Å². The van der Waals surface area contributed by atoms with Crippen LogP contribution in [0.25, 0.3) is 11.4 Å². The van der Waals surface area contributed by atoms with E-state index < -0.39 is 11.4 Å². The van der Waals surface area contributed by atoms with Crippen molar-refractivity contribution in [3.63, 3.8) is 0 Å². The standard InChI is InChI=1S/C29H25FN4O3/c1-16(2)33-25-24(32-26(33)19-9-5-8-12-23(19)37-4)27(35)34(18-13-14-21(30)17(3)15-18)29(25)20-10-6-7-11-22(20)31-28(29)36/h5-16H,1-4H3,(H,31,36). The summed E-state index contributed by atoms with van der Waals surface area (Å²) >= 11 is 0. The number of methoxy groups -OCH3 is 1. The second-order valence-electron chi connectivity index (χ2n) is 9.58. The smallest absolute Gasteiger partial charge is 0.280 e. The molecule has 2 aliphatic rings. The van der Waals surface area contributed by atoms with Gasteiger partial charge in [-0.3, -0.25) is 14.5 Å². The Labute approximate surface area is 213 Å². The molecule has 3 aromatic carbocycles. The first-order chi connectivity index (χ1) is 17.8. The highest BCUT2D eigenvalue weighted by Crippen LogP contribution is 2.54. The molecule has 4 aromatic rings. The number of halogens is 1. The van der Waals surface area contributed by atoms with Crippen molar-refractivity contribution in [1.29, 1.82) is 0 Å². The Bertz CT molecular complexity index is 1610. The lowest BCUT2D eigenvalue weighted by Gasteiger charge is -2.36. The monoisotopic (exact) mass is 496 g/mol. The minimum absolute atomic E-state index is 0.156. The maximum absolute atomic E-state index is 14.2. The number of ether oxygens (including phenoxy) is 1. The number of para-hydroxylation sites is 2. The van der Waals surface area contributed by atoms with Gasteiger partial charge in [-0.25, -0.2) is 9.37 Å². The summed E-state index contributed by atoms with van der Waals surface area (Å²) in [6.07, 6.45) is 0. The number of rotatable bonds is 4. The Hall–Kier alpha value is -4.46. The number of carbonyl (C=O) groups is 2. The van der Waals surface area contributed by atoms with E-state index >= 15 is 0 Å². The molecule has 0 radical (unpaired) electrons. The van der Waals surface area contributed by atoms with Gasteiger partial charge in [0.25, 0.3) is 11.8 Å². The highest BCUT2D eigenvalue weighted by Gasteiger charge is 2.64. The molecule has 7 nitrogen and oxygen atoms in total. The number of amides is 2. The summed E-state index contributed by atoms with van der Waals surface area (Å²) in [4.78, 5) is 34.6. The summed E-state index contributed by atoms with van der Waals surface area (Å²) in [5, 5.41) is 2.98. The van der Waals surface area contributed by atoms with Gasteiger partial charge in [0, 0.05) is 23.0 Å². The normalized spacial score (nSPS) is 17.9. The first-order valence-corrected chi connectivity index (χ1v) is 12.1. The van der Waals surface area contributed by atoms with Crippen molar-refractivity contribution in [2.45, 2.75) is 32.4 Å². The van der Waals surface area contributed by atoms with E-state index in [1.165, 1.54) is 17.0 Å². The number of carbonyl (C=O) groups excluding carboxylic acids is 2. The molecule has 1 unspecified atom stereocenters. The van der Waals surface area contributed by atoms with E-state index in [4.69, 9.17) is 9.72 Å². The summed E-state index contributed by atoms with van der Waals surface area (Å²) in [7, 11) is 1.58. The Morgan fingerprint density at radius 1 is 1.03 bits per heavy atom. The molecule has 6 rings (SSSR count). The molecule has 37 heavy (non-hydrogen) atoms.